The van der Waals surface area contributed by atoms with Gasteiger partial charge in [-0.2, -0.15) is 0 Å². The van der Waals surface area contributed by atoms with E-state index in [0.717, 1.165) is 44.3 Å². The summed E-state index contributed by atoms with van der Waals surface area (Å²) in [4.78, 5) is 66.9. The highest BCUT2D eigenvalue weighted by atomic mass is 19.1. The molecule has 2 N–H and O–H groups in total. The van der Waals surface area contributed by atoms with E-state index in [1.165, 1.54) is 24.3 Å². The lowest BCUT2D eigenvalue weighted by Crippen LogP contribution is -2.51. The van der Waals surface area contributed by atoms with E-state index in [0.29, 0.717) is 59.9 Å². The lowest BCUT2D eigenvalue weighted by molar-refractivity contribution is -0.140. The molecule has 4 aliphatic heterocycles. The number of nitrogens with zero attached hydrogens (tertiary/aromatic N) is 4. The van der Waals surface area contributed by atoms with Gasteiger partial charge >= 0.3 is 11.9 Å². The summed E-state index contributed by atoms with van der Waals surface area (Å²) in [6.45, 7) is 0.871. The number of halogens is 2. The molecule has 0 radical (unpaired) electrons. The Morgan fingerprint density at radius 3 is 1.50 bits per heavy atom. The minimum absolute atomic E-state index is 0.197. The zero-order valence-electron chi connectivity index (χ0n) is 30.3. The molecule has 0 aliphatic carbocycles. The van der Waals surface area contributed by atoms with Crippen molar-refractivity contribution < 1.29 is 37.4 Å². The Labute approximate surface area is 318 Å². The van der Waals surface area contributed by atoms with Crippen LogP contribution in [-0.2, 0) is 22.4 Å². The zero-order valence-corrected chi connectivity index (χ0v) is 30.3. The summed E-state index contributed by atoms with van der Waals surface area (Å²) in [7, 11) is 3.76. The number of nitrogens with one attached hydrogen (secondary N) is 2. The second-order valence-electron chi connectivity index (χ2n) is 14.7. The summed E-state index contributed by atoms with van der Waals surface area (Å²) in [5.41, 5.74) is 7.32. The van der Waals surface area contributed by atoms with Crippen LogP contribution in [0.4, 0.5) is 20.2 Å². The van der Waals surface area contributed by atoms with E-state index in [1.807, 2.05) is 36.0 Å². The van der Waals surface area contributed by atoms with Crippen LogP contribution in [0.25, 0.3) is 21.8 Å². The van der Waals surface area contributed by atoms with Crippen LogP contribution in [0, 0.1) is 11.6 Å². The van der Waals surface area contributed by atoms with Gasteiger partial charge in [0.25, 0.3) is 11.8 Å². The van der Waals surface area contributed by atoms with Crippen LogP contribution in [0.1, 0.15) is 68.4 Å². The molecule has 2 atom stereocenters. The topological polar surface area (TPSA) is 131 Å². The van der Waals surface area contributed by atoms with Gasteiger partial charge in [-0.1, -0.05) is 0 Å². The number of hydrogen-bond donors (Lipinski definition) is 2. The minimum Gasteiger partial charge on any atom is -0.426 e. The Morgan fingerprint density at radius 2 is 1.07 bits per heavy atom. The molecule has 2 unspecified atom stereocenters. The Bertz CT molecular complexity index is 2520. The molecule has 0 bridgehead atoms. The van der Waals surface area contributed by atoms with Crippen LogP contribution < -0.4 is 19.3 Å². The van der Waals surface area contributed by atoms with Crippen molar-refractivity contribution >= 4 is 56.9 Å². The van der Waals surface area contributed by atoms with Crippen molar-refractivity contribution in [1.82, 2.24) is 19.8 Å². The lowest BCUT2D eigenvalue weighted by Gasteiger charge is -2.46. The third kappa shape index (κ3) is 5.15. The van der Waals surface area contributed by atoms with E-state index >= 15 is 0 Å². The maximum absolute atomic E-state index is 14.0. The van der Waals surface area contributed by atoms with Gasteiger partial charge in [-0.05, 0) is 96.8 Å². The number of hydrogen-bond acceptors (Lipinski definition) is 8. The van der Waals surface area contributed by atoms with E-state index < -0.39 is 35.9 Å². The third-order valence-electron chi connectivity index (χ3n) is 11.5. The van der Waals surface area contributed by atoms with E-state index in [4.69, 9.17) is 9.47 Å². The molecule has 0 saturated carbocycles. The number of H-pyrrole nitrogens is 2. The number of esters is 2. The van der Waals surface area contributed by atoms with Gasteiger partial charge in [0.2, 0.25) is 0 Å². The fourth-order valence-electron chi connectivity index (χ4n) is 8.97. The standard InChI is InChI=1S/C42H34F2N6O6/c1-47-33-9-3-21(43)17-29(33)41(53)49-15-13-25-27-19-23(5-7-31(27)45-37(25)39(47)49)55-35(51)11-12-36(52)56-24-6-8-32-28(20-24)26-14-16-50-40(38(26)46-32)48(2)34-10-4-22(44)18-30(34)42(50)54/h3-10,17-20,39-40,45-46H,11-16H2,1-2H3. The van der Waals surface area contributed by atoms with Crippen molar-refractivity contribution in [1.29, 1.82) is 0 Å². The van der Waals surface area contributed by atoms with Crippen molar-refractivity contribution in [3.63, 3.8) is 0 Å². The van der Waals surface area contributed by atoms with Crippen LogP contribution in [0.15, 0.2) is 72.8 Å². The molecule has 6 heterocycles. The van der Waals surface area contributed by atoms with Gasteiger partial charge in [0.15, 0.2) is 0 Å². The first kappa shape index (κ1) is 33.8. The van der Waals surface area contributed by atoms with Gasteiger partial charge in [0, 0.05) is 49.0 Å². The predicted octanol–water partition coefficient (Wildman–Crippen LogP) is 6.51. The fourth-order valence-corrected chi connectivity index (χ4v) is 8.97. The summed E-state index contributed by atoms with van der Waals surface area (Å²) in [5, 5.41) is 1.74. The van der Waals surface area contributed by atoms with E-state index in [1.54, 1.807) is 46.2 Å². The smallest absolute Gasteiger partial charge is 0.311 e. The molecule has 4 aliphatic rings. The van der Waals surface area contributed by atoms with E-state index in [2.05, 4.69) is 9.97 Å². The van der Waals surface area contributed by atoms with Gasteiger partial charge in [0.05, 0.1) is 46.7 Å². The summed E-state index contributed by atoms with van der Waals surface area (Å²) in [6, 6.07) is 19.1. The van der Waals surface area contributed by atoms with Gasteiger partial charge in [-0.15, -0.1) is 0 Å². The molecule has 2 amide bonds. The van der Waals surface area contributed by atoms with Gasteiger partial charge < -0.3 is 39.0 Å². The molecule has 282 valence electrons. The first-order chi connectivity index (χ1) is 27.0. The highest BCUT2D eigenvalue weighted by Gasteiger charge is 2.43. The maximum atomic E-state index is 14.0. The first-order valence-corrected chi connectivity index (χ1v) is 18.4. The first-order valence-electron chi connectivity index (χ1n) is 18.4. The second-order valence-corrected chi connectivity index (χ2v) is 14.7. The molecule has 6 aromatic rings. The van der Waals surface area contributed by atoms with Crippen molar-refractivity contribution in [3.8, 4) is 11.5 Å². The SMILES string of the molecule is CN1c2ccc(F)cc2C(=O)N2CCc3c([nH]c4ccc(OC(=O)CCC(=O)Oc5ccc6[nH]c7c(c6c5)CCN5C(=O)c6cc(F)ccc6N(C)C75)cc34)C21. The quantitative estimate of drug-likeness (QED) is 0.150. The number of rotatable bonds is 5. The summed E-state index contributed by atoms with van der Waals surface area (Å²) in [5.74, 6) is -1.89. The molecule has 14 heteroatoms. The Morgan fingerprint density at radius 1 is 0.643 bits per heavy atom. The fraction of sp³-hybridized carbons (Fsp3) is 0.238. The molecule has 56 heavy (non-hydrogen) atoms. The molecule has 12 nitrogen and oxygen atoms in total. The number of aromatic amines is 2. The molecular weight excluding hydrogens is 722 g/mol. The molecule has 0 saturated heterocycles. The summed E-state index contributed by atoms with van der Waals surface area (Å²) < 4.78 is 39.3. The van der Waals surface area contributed by atoms with E-state index in [-0.39, 0.29) is 24.7 Å². The molecule has 0 spiro atoms. The van der Waals surface area contributed by atoms with Crippen LogP contribution >= 0.6 is 0 Å². The Hall–Kier alpha value is -6.70. The number of ether oxygens (including phenoxy) is 2. The van der Waals surface area contributed by atoms with Gasteiger partial charge in [-0.25, -0.2) is 8.78 Å². The van der Waals surface area contributed by atoms with Crippen LogP contribution in [0.3, 0.4) is 0 Å². The number of carbonyl (C=O) groups is 4. The van der Waals surface area contributed by atoms with Gasteiger partial charge in [0.1, 0.15) is 35.5 Å². The lowest BCUT2D eigenvalue weighted by atomic mass is 9.96. The average Bonchev–Trinajstić information content (AvgIpc) is 3.75. The van der Waals surface area contributed by atoms with Crippen molar-refractivity contribution in [2.24, 2.45) is 0 Å². The van der Waals surface area contributed by atoms with Crippen LogP contribution in [-0.4, -0.2) is 70.7 Å². The monoisotopic (exact) mass is 756 g/mol. The molecule has 0 fully saturated rings. The number of benzene rings is 4. The summed E-state index contributed by atoms with van der Waals surface area (Å²) >= 11 is 0. The number of aromatic nitrogens is 2. The summed E-state index contributed by atoms with van der Waals surface area (Å²) in [6.07, 6.45) is -0.0864. The van der Waals surface area contributed by atoms with E-state index in [9.17, 15) is 28.0 Å². The number of anilines is 2. The molecule has 10 rings (SSSR count). The Kier molecular flexibility index (Phi) is 7.50. The highest BCUT2D eigenvalue weighted by molar-refractivity contribution is 6.04. The normalized spacial score (nSPS) is 18.3. The molecule has 4 aromatic carbocycles. The largest absolute Gasteiger partial charge is 0.426 e. The van der Waals surface area contributed by atoms with Crippen LogP contribution in [0.2, 0.25) is 0 Å². The highest BCUT2D eigenvalue weighted by Crippen LogP contribution is 2.45. The third-order valence-corrected chi connectivity index (χ3v) is 11.5. The molecular formula is C42H34F2N6O6. The van der Waals surface area contributed by atoms with Gasteiger partial charge in [-0.3, -0.25) is 19.2 Å². The van der Waals surface area contributed by atoms with Crippen molar-refractivity contribution in [2.45, 2.75) is 38.0 Å². The van der Waals surface area contributed by atoms with Crippen LogP contribution in [0.5, 0.6) is 11.5 Å². The number of carbonyl (C=O) groups excluding carboxylic acids is 4. The predicted molar refractivity (Wildman–Crippen MR) is 202 cm³/mol. The maximum Gasteiger partial charge on any atom is 0.311 e. The molecule has 2 aromatic heterocycles. The number of fused-ring (bicyclic) bond motifs is 12. The average molecular weight is 757 g/mol. The van der Waals surface area contributed by atoms with Crippen molar-refractivity contribution in [3.05, 3.63) is 118 Å². The Balaban J connectivity index is 0.811. The van der Waals surface area contributed by atoms with Crippen molar-refractivity contribution in [2.75, 3.05) is 37.0 Å². The number of amides is 2. The zero-order chi connectivity index (χ0) is 38.6. The second kappa shape index (κ2) is 12.4. The minimum atomic E-state index is -0.589.